The lowest BCUT2D eigenvalue weighted by atomic mass is 10.2. The van der Waals surface area contributed by atoms with Crippen molar-refractivity contribution in [3.8, 4) is 11.5 Å². The molecule has 2 rings (SSSR count). The fourth-order valence-corrected chi connectivity index (χ4v) is 2.83. The highest BCUT2D eigenvalue weighted by atomic mass is 32.2. The molecule has 0 aliphatic heterocycles. The number of amides is 3. The van der Waals surface area contributed by atoms with Gasteiger partial charge in [0.25, 0.3) is 5.91 Å². The molecule has 0 radical (unpaired) electrons. The van der Waals surface area contributed by atoms with Crippen LogP contribution in [-0.4, -0.2) is 42.6 Å². The number of urea groups is 1. The molecular formula is C20H23N3O5S. The first kappa shape index (κ1) is 22.1. The van der Waals surface area contributed by atoms with Crippen molar-refractivity contribution in [1.82, 2.24) is 5.32 Å². The van der Waals surface area contributed by atoms with E-state index < -0.39 is 30.6 Å². The van der Waals surface area contributed by atoms with Crippen LogP contribution >= 0.6 is 11.8 Å². The number of carbonyl (C=O) groups excluding carboxylic acids is 3. The Morgan fingerprint density at radius 1 is 1.07 bits per heavy atom. The van der Waals surface area contributed by atoms with E-state index in [9.17, 15) is 14.4 Å². The Bertz CT molecular complexity index is 832. The van der Waals surface area contributed by atoms with E-state index >= 15 is 0 Å². The normalized spacial score (nSPS) is 11.2. The summed E-state index contributed by atoms with van der Waals surface area (Å²) in [5.74, 6) is 0.435. The fourth-order valence-electron chi connectivity index (χ4n) is 2.35. The van der Waals surface area contributed by atoms with Crippen LogP contribution in [0.5, 0.6) is 11.5 Å². The van der Waals surface area contributed by atoms with E-state index in [-0.39, 0.29) is 0 Å². The molecule has 8 nitrogen and oxygen atoms in total. The minimum atomic E-state index is -0.901. The molecule has 1 atom stereocenters. The Balaban J connectivity index is 1.93. The Hall–Kier alpha value is -3.20. The van der Waals surface area contributed by atoms with E-state index in [1.807, 2.05) is 24.5 Å². The molecule has 0 heterocycles. The van der Waals surface area contributed by atoms with E-state index in [4.69, 9.17) is 15.2 Å². The molecule has 0 saturated heterocycles. The second kappa shape index (κ2) is 11.6. The van der Waals surface area contributed by atoms with Crippen molar-refractivity contribution in [2.75, 3.05) is 23.9 Å². The van der Waals surface area contributed by atoms with Crippen molar-refractivity contribution in [2.24, 2.45) is 5.73 Å². The first-order chi connectivity index (χ1) is 14.0. The van der Waals surface area contributed by atoms with Gasteiger partial charge in [0, 0.05) is 0 Å². The lowest BCUT2D eigenvalue weighted by molar-refractivity contribution is -0.149. The SMILES string of the molecule is CSCC[C@H](NC(N)=O)C(=O)OCC(=O)Nc1ccccc1Oc1ccccc1. The van der Waals surface area contributed by atoms with Crippen LogP contribution < -0.4 is 21.1 Å². The van der Waals surface area contributed by atoms with Gasteiger partial charge in [0.15, 0.2) is 12.4 Å². The molecule has 0 spiro atoms. The zero-order valence-corrected chi connectivity index (χ0v) is 16.7. The van der Waals surface area contributed by atoms with Crippen LogP contribution in [0.2, 0.25) is 0 Å². The number of anilines is 1. The van der Waals surface area contributed by atoms with Gasteiger partial charge < -0.3 is 25.8 Å². The van der Waals surface area contributed by atoms with Crippen LogP contribution in [-0.2, 0) is 14.3 Å². The van der Waals surface area contributed by atoms with Gasteiger partial charge in [0.05, 0.1) is 5.69 Å². The number of esters is 1. The number of carbonyl (C=O) groups is 3. The summed E-state index contributed by atoms with van der Waals surface area (Å²) in [6.07, 6.45) is 2.22. The summed E-state index contributed by atoms with van der Waals surface area (Å²) in [6, 6.07) is 14.3. The largest absolute Gasteiger partial charge is 0.455 e. The molecular weight excluding hydrogens is 394 g/mol. The van der Waals surface area contributed by atoms with E-state index in [1.165, 1.54) is 11.8 Å². The molecule has 0 bridgehead atoms. The monoisotopic (exact) mass is 417 g/mol. The fraction of sp³-hybridized carbons (Fsp3) is 0.250. The number of hydrogen-bond acceptors (Lipinski definition) is 6. The third-order valence-electron chi connectivity index (χ3n) is 3.69. The van der Waals surface area contributed by atoms with Crippen molar-refractivity contribution in [2.45, 2.75) is 12.5 Å². The lowest BCUT2D eigenvalue weighted by Crippen LogP contribution is -2.45. The van der Waals surface area contributed by atoms with Gasteiger partial charge in [0.1, 0.15) is 11.8 Å². The molecule has 0 fully saturated rings. The third kappa shape index (κ3) is 7.74. The van der Waals surface area contributed by atoms with Crippen LogP contribution in [0.25, 0.3) is 0 Å². The van der Waals surface area contributed by atoms with Gasteiger partial charge in [-0.15, -0.1) is 0 Å². The van der Waals surface area contributed by atoms with Crippen molar-refractivity contribution < 1.29 is 23.9 Å². The summed E-state index contributed by atoms with van der Waals surface area (Å²) >= 11 is 1.51. The number of para-hydroxylation sites is 3. The van der Waals surface area contributed by atoms with Crippen molar-refractivity contribution in [1.29, 1.82) is 0 Å². The standard InChI is InChI=1S/C20H23N3O5S/c1-29-12-11-16(23-20(21)26)19(25)27-13-18(24)22-15-9-5-6-10-17(15)28-14-7-3-2-4-8-14/h2-10,16H,11-13H2,1H3,(H,22,24)(H3,21,23,26)/t16-/m0/s1. The van der Waals surface area contributed by atoms with Crippen LogP contribution in [0.3, 0.4) is 0 Å². The summed E-state index contributed by atoms with van der Waals surface area (Å²) in [5, 5.41) is 4.98. The zero-order valence-electron chi connectivity index (χ0n) is 15.9. The van der Waals surface area contributed by atoms with E-state index in [0.717, 1.165) is 0 Å². The Labute approximate surface area is 173 Å². The molecule has 154 valence electrons. The van der Waals surface area contributed by atoms with Gasteiger partial charge in [-0.1, -0.05) is 30.3 Å². The summed E-state index contributed by atoms with van der Waals surface area (Å²) < 4.78 is 10.8. The average Bonchev–Trinajstić information content (AvgIpc) is 2.71. The van der Waals surface area contributed by atoms with E-state index in [0.29, 0.717) is 29.4 Å². The molecule has 0 aromatic heterocycles. The molecule has 9 heteroatoms. The number of primary amides is 1. The molecule has 0 aliphatic rings. The number of thioether (sulfide) groups is 1. The van der Waals surface area contributed by atoms with Crippen LogP contribution in [0.15, 0.2) is 54.6 Å². The number of nitrogens with two attached hydrogens (primary N) is 1. The molecule has 2 aromatic carbocycles. The number of ether oxygens (including phenoxy) is 2. The highest BCUT2D eigenvalue weighted by Gasteiger charge is 2.22. The van der Waals surface area contributed by atoms with Gasteiger partial charge in [0.2, 0.25) is 0 Å². The molecule has 2 aromatic rings. The van der Waals surface area contributed by atoms with Crippen molar-refractivity contribution in [3.05, 3.63) is 54.6 Å². The Morgan fingerprint density at radius 3 is 2.45 bits per heavy atom. The second-order valence-corrected chi connectivity index (χ2v) is 6.90. The summed E-state index contributed by atoms with van der Waals surface area (Å²) in [7, 11) is 0. The summed E-state index contributed by atoms with van der Waals surface area (Å²) in [4.78, 5) is 35.4. The predicted molar refractivity (Wildman–Crippen MR) is 112 cm³/mol. The van der Waals surface area contributed by atoms with Gasteiger partial charge in [-0.2, -0.15) is 11.8 Å². The highest BCUT2D eigenvalue weighted by molar-refractivity contribution is 7.98. The Morgan fingerprint density at radius 2 is 1.76 bits per heavy atom. The van der Waals surface area contributed by atoms with Gasteiger partial charge in [-0.3, -0.25) is 4.79 Å². The molecule has 4 N–H and O–H groups in total. The zero-order chi connectivity index (χ0) is 21.1. The van der Waals surface area contributed by atoms with E-state index in [2.05, 4.69) is 10.6 Å². The summed E-state index contributed by atoms with van der Waals surface area (Å²) in [5.41, 5.74) is 5.52. The predicted octanol–water partition coefficient (Wildman–Crippen LogP) is 2.75. The van der Waals surface area contributed by atoms with Crippen molar-refractivity contribution >= 4 is 35.4 Å². The van der Waals surface area contributed by atoms with E-state index in [1.54, 1.807) is 36.4 Å². The third-order valence-corrected chi connectivity index (χ3v) is 4.33. The molecule has 0 aliphatic carbocycles. The van der Waals surface area contributed by atoms with Crippen LogP contribution in [0.4, 0.5) is 10.5 Å². The maximum Gasteiger partial charge on any atom is 0.329 e. The average molecular weight is 417 g/mol. The second-order valence-electron chi connectivity index (χ2n) is 5.91. The molecule has 0 unspecified atom stereocenters. The van der Waals surface area contributed by atoms with Crippen LogP contribution in [0.1, 0.15) is 6.42 Å². The molecule has 29 heavy (non-hydrogen) atoms. The minimum Gasteiger partial charge on any atom is -0.455 e. The smallest absolute Gasteiger partial charge is 0.329 e. The quantitative estimate of drug-likeness (QED) is 0.511. The first-order valence-corrected chi connectivity index (χ1v) is 10.2. The maximum absolute atomic E-state index is 12.2. The number of benzene rings is 2. The topological polar surface area (TPSA) is 120 Å². The summed E-state index contributed by atoms with van der Waals surface area (Å²) in [6.45, 7) is -0.505. The minimum absolute atomic E-state index is 0.346. The van der Waals surface area contributed by atoms with Crippen LogP contribution in [0, 0.1) is 0 Å². The molecule has 0 saturated carbocycles. The molecule has 3 amide bonds. The maximum atomic E-state index is 12.2. The van der Waals surface area contributed by atoms with Gasteiger partial charge >= 0.3 is 12.0 Å². The first-order valence-electron chi connectivity index (χ1n) is 8.83. The Kier molecular flexibility index (Phi) is 8.84. The number of rotatable bonds is 10. The van der Waals surface area contributed by atoms with Gasteiger partial charge in [-0.05, 0) is 42.7 Å². The number of hydrogen-bond donors (Lipinski definition) is 3. The van der Waals surface area contributed by atoms with Gasteiger partial charge in [-0.25, -0.2) is 9.59 Å². The lowest BCUT2D eigenvalue weighted by Gasteiger charge is -2.16. The number of nitrogens with one attached hydrogen (secondary N) is 2. The highest BCUT2D eigenvalue weighted by Crippen LogP contribution is 2.28. The van der Waals surface area contributed by atoms with Crippen molar-refractivity contribution in [3.63, 3.8) is 0 Å².